The zero-order valence-electron chi connectivity index (χ0n) is 7.97. The van der Waals surface area contributed by atoms with Crippen LogP contribution in [0.25, 0.3) is 0 Å². The maximum Gasteiger partial charge on any atom is 0.326 e. The molecular formula is C8H13N2O4S. The molecule has 6 nitrogen and oxygen atoms in total. The van der Waals surface area contributed by atoms with Crippen LogP contribution in [-0.4, -0.2) is 41.1 Å². The van der Waals surface area contributed by atoms with E-state index in [-0.39, 0.29) is 18.6 Å². The predicted molar refractivity (Wildman–Crippen MR) is 56.3 cm³/mol. The van der Waals surface area contributed by atoms with Crippen LogP contribution in [0.3, 0.4) is 0 Å². The predicted octanol–water partition coefficient (Wildman–Crippen LogP) is -1.30. The van der Waals surface area contributed by atoms with Gasteiger partial charge in [-0.1, -0.05) is 0 Å². The summed E-state index contributed by atoms with van der Waals surface area (Å²) in [6.07, 6.45) is 1.51. The van der Waals surface area contributed by atoms with Crippen molar-refractivity contribution >= 4 is 30.8 Å². The minimum absolute atomic E-state index is 0.00383. The molecule has 7 heteroatoms. The van der Waals surface area contributed by atoms with Crippen LogP contribution in [0.4, 0.5) is 0 Å². The van der Waals surface area contributed by atoms with E-state index in [2.05, 4.69) is 17.9 Å². The van der Waals surface area contributed by atoms with Crippen molar-refractivity contribution in [3.05, 3.63) is 0 Å². The maximum atomic E-state index is 11.2. The summed E-state index contributed by atoms with van der Waals surface area (Å²) in [5.74, 6) is -1.67. The van der Waals surface area contributed by atoms with E-state index in [4.69, 9.17) is 10.8 Å². The summed E-state index contributed by atoms with van der Waals surface area (Å²) in [5, 5.41) is 10.9. The number of nitrogens with one attached hydrogen (secondary N) is 1. The van der Waals surface area contributed by atoms with Gasteiger partial charge in [-0.05, 0) is 6.42 Å². The van der Waals surface area contributed by atoms with Gasteiger partial charge in [0.1, 0.15) is 6.04 Å². The molecule has 1 radical (unpaired) electrons. The van der Waals surface area contributed by atoms with Crippen molar-refractivity contribution in [1.82, 2.24) is 5.32 Å². The number of thiol groups is 1. The first kappa shape index (κ1) is 13.9. The van der Waals surface area contributed by atoms with E-state index in [1.165, 1.54) is 0 Å². The third-order valence-electron chi connectivity index (χ3n) is 1.68. The Morgan fingerprint density at radius 3 is 2.53 bits per heavy atom. The quantitative estimate of drug-likeness (QED) is 0.409. The molecule has 0 aromatic carbocycles. The third-order valence-corrected chi connectivity index (χ3v) is 2.08. The average molecular weight is 233 g/mol. The number of carbonyl (C=O) groups excluding carboxylic acids is 2. The van der Waals surface area contributed by atoms with Crippen LogP contribution in [0.15, 0.2) is 0 Å². The van der Waals surface area contributed by atoms with Crippen LogP contribution in [0.2, 0.25) is 0 Å². The molecule has 85 valence electrons. The van der Waals surface area contributed by atoms with E-state index in [0.29, 0.717) is 0 Å². The number of hydrogen-bond acceptors (Lipinski definition) is 5. The summed E-state index contributed by atoms with van der Waals surface area (Å²) < 4.78 is 0. The van der Waals surface area contributed by atoms with E-state index in [9.17, 15) is 14.4 Å². The zero-order chi connectivity index (χ0) is 11.8. The zero-order valence-corrected chi connectivity index (χ0v) is 8.87. The van der Waals surface area contributed by atoms with Crippen molar-refractivity contribution < 1.29 is 19.5 Å². The maximum absolute atomic E-state index is 11.2. The molecule has 0 aromatic heterocycles. The van der Waals surface area contributed by atoms with Gasteiger partial charge < -0.3 is 16.2 Å². The van der Waals surface area contributed by atoms with E-state index in [0.717, 1.165) is 0 Å². The highest BCUT2D eigenvalue weighted by Gasteiger charge is 2.22. The fourth-order valence-corrected chi connectivity index (χ4v) is 0.988. The second-order valence-corrected chi connectivity index (χ2v) is 3.24. The van der Waals surface area contributed by atoms with Crippen molar-refractivity contribution in [3.63, 3.8) is 0 Å². The Morgan fingerprint density at radius 2 is 2.13 bits per heavy atom. The average Bonchev–Trinajstić information content (AvgIpc) is 2.22. The molecule has 0 aliphatic heterocycles. The highest BCUT2D eigenvalue weighted by molar-refractivity contribution is 7.80. The van der Waals surface area contributed by atoms with Crippen molar-refractivity contribution in [2.75, 3.05) is 5.75 Å². The lowest BCUT2D eigenvalue weighted by Crippen LogP contribution is -2.49. The number of carbonyl (C=O) groups is 2. The van der Waals surface area contributed by atoms with Crippen molar-refractivity contribution in [1.29, 1.82) is 0 Å². The molecule has 0 heterocycles. The number of nitrogens with two attached hydrogens (primary N) is 1. The Bertz CT molecular complexity index is 247. The topological polar surface area (TPSA) is 109 Å². The fourth-order valence-electron chi connectivity index (χ4n) is 0.822. The van der Waals surface area contributed by atoms with E-state index < -0.39 is 24.0 Å². The molecule has 0 rings (SSSR count). The Hall–Kier alpha value is -1.08. The van der Waals surface area contributed by atoms with Gasteiger partial charge in [0.05, 0.1) is 6.04 Å². The van der Waals surface area contributed by atoms with Crippen molar-refractivity contribution in [2.24, 2.45) is 5.73 Å². The van der Waals surface area contributed by atoms with Gasteiger partial charge in [-0.3, -0.25) is 9.59 Å². The molecule has 0 saturated heterocycles. The molecule has 15 heavy (non-hydrogen) atoms. The van der Waals surface area contributed by atoms with Crippen LogP contribution >= 0.6 is 12.6 Å². The van der Waals surface area contributed by atoms with Gasteiger partial charge in [0.2, 0.25) is 5.91 Å². The number of amides is 1. The van der Waals surface area contributed by atoms with Crippen LogP contribution in [-0.2, 0) is 14.4 Å². The first-order valence-electron chi connectivity index (χ1n) is 4.27. The van der Waals surface area contributed by atoms with Gasteiger partial charge in [-0.2, -0.15) is 12.6 Å². The standard InChI is InChI=1S/C8H13N2O4S/c9-5(4-15)7(12)10-6(8(13)14)2-1-3-11/h5-6,15H,1-2,4,9H2,(H,10,12)(H,13,14)/t5-,6-/m0/s1. The molecular weight excluding hydrogens is 220 g/mol. The summed E-state index contributed by atoms with van der Waals surface area (Å²) in [6.45, 7) is 0. The van der Waals surface area contributed by atoms with E-state index in [1.807, 2.05) is 0 Å². The highest BCUT2D eigenvalue weighted by Crippen LogP contribution is 1.97. The largest absolute Gasteiger partial charge is 0.480 e. The summed E-state index contributed by atoms with van der Waals surface area (Å²) in [4.78, 5) is 31.8. The number of rotatable bonds is 7. The summed E-state index contributed by atoms with van der Waals surface area (Å²) >= 11 is 3.80. The number of aliphatic carboxylic acids is 1. The number of carboxylic acid groups (broad SMARTS) is 1. The van der Waals surface area contributed by atoms with Gasteiger partial charge in [-0.15, -0.1) is 0 Å². The van der Waals surface area contributed by atoms with Gasteiger partial charge >= 0.3 is 5.97 Å². The molecule has 0 aliphatic rings. The minimum atomic E-state index is -1.20. The third kappa shape index (κ3) is 5.38. The van der Waals surface area contributed by atoms with E-state index in [1.54, 1.807) is 6.29 Å². The van der Waals surface area contributed by atoms with Gasteiger partial charge in [0.25, 0.3) is 0 Å². The van der Waals surface area contributed by atoms with E-state index >= 15 is 0 Å². The summed E-state index contributed by atoms with van der Waals surface area (Å²) in [5.41, 5.74) is 5.33. The lowest BCUT2D eigenvalue weighted by Gasteiger charge is -2.15. The molecule has 0 bridgehead atoms. The molecule has 0 unspecified atom stereocenters. The lowest BCUT2D eigenvalue weighted by molar-refractivity contribution is -0.142. The van der Waals surface area contributed by atoms with Crippen molar-refractivity contribution in [3.8, 4) is 0 Å². The summed E-state index contributed by atoms with van der Waals surface area (Å²) in [6, 6.07) is -1.96. The Morgan fingerprint density at radius 1 is 1.53 bits per heavy atom. The molecule has 0 saturated carbocycles. The molecule has 4 N–H and O–H groups in total. The SMILES string of the molecule is N[C@@H](CS)C(=O)N[C@@H](CC[C]=O)C(=O)O. The molecule has 2 atom stereocenters. The Balaban J connectivity index is 4.21. The summed E-state index contributed by atoms with van der Waals surface area (Å²) in [7, 11) is 0. The number of carboxylic acids is 1. The van der Waals surface area contributed by atoms with Gasteiger partial charge in [0, 0.05) is 12.2 Å². The van der Waals surface area contributed by atoms with Crippen LogP contribution in [0.1, 0.15) is 12.8 Å². The monoisotopic (exact) mass is 233 g/mol. The Kier molecular flexibility index (Phi) is 6.72. The fraction of sp³-hybridized carbons (Fsp3) is 0.625. The normalized spacial score (nSPS) is 14.0. The molecule has 0 aliphatic carbocycles. The van der Waals surface area contributed by atoms with Crippen LogP contribution < -0.4 is 11.1 Å². The second kappa shape index (κ2) is 7.24. The first-order chi connectivity index (χ1) is 7.02. The highest BCUT2D eigenvalue weighted by atomic mass is 32.1. The smallest absolute Gasteiger partial charge is 0.326 e. The number of hydrogen-bond donors (Lipinski definition) is 4. The van der Waals surface area contributed by atoms with Crippen LogP contribution in [0, 0.1) is 0 Å². The Labute approximate surface area is 92.6 Å². The first-order valence-corrected chi connectivity index (χ1v) is 4.90. The van der Waals surface area contributed by atoms with Gasteiger partial charge in [0.15, 0.2) is 6.29 Å². The minimum Gasteiger partial charge on any atom is -0.480 e. The van der Waals surface area contributed by atoms with Crippen LogP contribution in [0.5, 0.6) is 0 Å². The lowest BCUT2D eigenvalue weighted by atomic mass is 10.1. The van der Waals surface area contributed by atoms with Crippen molar-refractivity contribution in [2.45, 2.75) is 24.9 Å². The van der Waals surface area contributed by atoms with Gasteiger partial charge in [-0.25, -0.2) is 4.79 Å². The molecule has 1 amide bonds. The molecule has 0 spiro atoms. The second-order valence-electron chi connectivity index (χ2n) is 2.87. The molecule has 0 fully saturated rings. The molecule has 0 aromatic rings.